The minimum absolute atomic E-state index is 0.312. The van der Waals surface area contributed by atoms with Crippen LogP contribution in [0.2, 0.25) is 5.02 Å². The summed E-state index contributed by atoms with van der Waals surface area (Å²) in [6.45, 7) is 5.27. The lowest BCUT2D eigenvalue weighted by Crippen LogP contribution is -2.27. The fourth-order valence-electron chi connectivity index (χ4n) is 1.18. The Hall–Kier alpha value is -1.07. The molecule has 1 N–H and O–H groups in total. The van der Waals surface area contributed by atoms with E-state index in [2.05, 4.69) is 21.2 Å². The van der Waals surface area contributed by atoms with Crippen LogP contribution in [0.1, 0.15) is 31.1 Å². The Labute approximate surface area is 119 Å². The Morgan fingerprint density at radius 3 is 2.56 bits per heavy atom. The van der Waals surface area contributed by atoms with Crippen molar-refractivity contribution in [1.82, 2.24) is 0 Å². The second-order valence-electron chi connectivity index (χ2n) is 4.61. The highest BCUT2D eigenvalue weighted by Gasteiger charge is 2.18. The Kier molecular flexibility index (Phi) is 4.76. The fourth-order valence-corrected chi connectivity index (χ4v) is 1.82. The van der Waals surface area contributed by atoms with E-state index in [0.717, 1.165) is 0 Å². The van der Waals surface area contributed by atoms with Gasteiger partial charge in [0, 0.05) is 10.0 Å². The summed E-state index contributed by atoms with van der Waals surface area (Å²) >= 11 is 9.21. The van der Waals surface area contributed by atoms with Crippen molar-refractivity contribution in [1.29, 1.82) is 0 Å². The zero-order chi connectivity index (χ0) is 13.9. The lowest BCUT2D eigenvalue weighted by Gasteiger charge is -2.20. The molecule has 0 saturated heterocycles. The molecule has 0 aliphatic rings. The minimum atomic E-state index is -0.626. The summed E-state index contributed by atoms with van der Waals surface area (Å²) in [6.07, 6.45) is 0.0424. The van der Waals surface area contributed by atoms with Crippen LogP contribution in [0.4, 0.5) is 10.5 Å². The first kappa shape index (κ1) is 15.0. The van der Waals surface area contributed by atoms with Crippen LogP contribution >= 0.6 is 27.5 Å². The first-order chi connectivity index (χ1) is 8.23. The largest absolute Gasteiger partial charge is 0.444 e. The summed E-state index contributed by atoms with van der Waals surface area (Å²) in [5.74, 6) is 0. The molecule has 0 unspecified atom stereocenters. The Bertz CT molecular complexity index is 483. The molecule has 0 aliphatic heterocycles. The molecule has 18 heavy (non-hydrogen) atoms. The molecular weight excluding hydrogens is 321 g/mol. The summed E-state index contributed by atoms with van der Waals surface area (Å²) in [7, 11) is 0. The van der Waals surface area contributed by atoms with Crippen LogP contribution in [0, 0.1) is 0 Å². The summed E-state index contributed by atoms with van der Waals surface area (Å²) in [6, 6.07) is 3.04. The molecule has 1 amide bonds. The quantitative estimate of drug-likeness (QED) is 0.822. The van der Waals surface area contributed by atoms with Gasteiger partial charge in [0.05, 0.1) is 10.7 Å². The van der Waals surface area contributed by atoms with Crippen LogP contribution in [0.25, 0.3) is 0 Å². The number of nitrogens with one attached hydrogen (secondary N) is 1. The van der Waals surface area contributed by atoms with Gasteiger partial charge in [0.15, 0.2) is 0 Å². The van der Waals surface area contributed by atoms with Gasteiger partial charge in [-0.3, -0.25) is 10.1 Å². The molecule has 0 aliphatic carbocycles. The maximum Gasteiger partial charge on any atom is 0.412 e. The molecule has 4 nitrogen and oxygen atoms in total. The molecule has 6 heteroatoms. The molecule has 0 spiro atoms. The summed E-state index contributed by atoms with van der Waals surface area (Å²) in [4.78, 5) is 22.3. The van der Waals surface area contributed by atoms with E-state index in [9.17, 15) is 9.59 Å². The van der Waals surface area contributed by atoms with Crippen LogP contribution in [-0.4, -0.2) is 18.0 Å². The van der Waals surface area contributed by atoms with E-state index >= 15 is 0 Å². The molecular formula is C12H13BrClNO3. The average Bonchev–Trinajstić information content (AvgIpc) is 2.21. The van der Waals surface area contributed by atoms with Gasteiger partial charge in [-0.05, 0) is 48.8 Å². The highest BCUT2D eigenvalue weighted by molar-refractivity contribution is 9.10. The van der Waals surface area contributed by atoms with E-state index in [4.69, 9.17) is 16.3 Å². The van der Waals surface area contributed by atoms with E-state index in [1.165, 1.54) is 6.07 Å². The lowest BCUT2D eigenvalue weighted by atomic mass is 10.2. The fraction of sp³-hybridized carbons (Fsp3) is 0.333. The molecule has 1 rings (SSSR count). The predicted octanol–water partition coefficient (Wildman–Crippen LogP) is 4.26. The Morgan fingerprint density at radius 1 is 1.44 bits per heavy atom. The Morgan fingerprint density at radius 2 is 2.06 bits per heavy atom. The molecule has 0 radical (unpaired) electrons. The van der Waals surface area contributed by atoms with Gasteiger partial charge < -0.3 is 4.74 Å². The highest BCUT2D eigenvalue weighted by Crippen LogP contribution is 2.31. The molecule has 0 aromatic heterocycles. The Balaban J connectivity index is 2.94. The molecule has 0 heterocycles. The van der Waals surface area contributed by atoms with Gasteiger partial charge >= 0.3 is 6.09 Å². The van der Waals surface area contributed by atoms with Crippen molar-refractivity contribution in [2.45, 2.75) is 26.4 Å². The molecule has 0 bridgehead atoms. The van der Waals surface area contributed by atoms with Crippen LogP contribution in [-0.2, 0) is 4.74 Å². The number of amides is 1. The number of aldehydes is 1. The molecule has 98 valence electrons. The predicted molar refractivity (Wildman–Crippen MR) is 74.4 cm³/mol. The number of carbonyl (C=O) groups is 2. The summed E-state index contributed by atoms with van der Waals surface area (Å²) in [5, 5.41) is 2.81. The van der Waals surface area contributed by atoms with Gasteiger partial charge in [0.1, 0.15) is 11.9 Å². The number of ether oxygens (including phenoxy) is 1. The van der Waals surface area contributed by atoms with E-state index in [1.54, 1.807) is 26.8 Å². The van der Waals surface area contributed by atoms with Crippen LogP contribution in [0.15, 0.2) is 16.6 Å². The SMILES string of the molecule is CC(C)(C)OC(=O)Nc1cc(C=O)cc(Br)c1Cl. The highest BCUT2D eigenvalue weighted by atomic mass is 79.9. The van der Waals surface area contributed by atoms with Crippen molar-refractivity contribution < 1.29 is 14.3 Å². The number of carbonyl (C=O) groups excluding carboxylic acids is 2. The normalized spacial score (nSPS) is 10.9. The van der Waals surface area contributed by atoms with Gasteiger partial charge in [-0.2, -0.15) is 0 Å². The van der Waals surface area contributed by atoms with Gasteiger partial charge in [-0.1, -0.05) is 11.6 Å². The maximum atomic E-state index is 11.6. The number of hydrogen-bond donors (Lipinski definition) is 1. The van der Waals surface area contributed by atoms with E-state index in [1.807, 2.05) is 0 Å². The van der Waals surface area contributed by atoms with Gasteiger partial charge in [0.25, 0.3) is 0 Å². The molecule has 0 saturated carbocycles. The lowest BCUT2D eigenvalue weighted by molar-refractivity contribution is 0.0635. The third-order valence-electron chi connectivity index (χ3n) is 1.82. The van der Waals surface area contributed by atoms with Crippen LogP contribution < -0.4 is 5.32 Å². The topological polar surface area (TPSA) is 55.4 Å². The van der Waals surface area contributed by atoms with Crippen LogP contribution in [0.3, 0.4) is 0 Å². The van der Waals surface area contributed by atoms with E-state index < -0.39 is 11.7 Å². The second-order valence-corrected chi connectivity index (χ2v) is 5.84. The number of hydrogen-bond acceptors (Lipinski definition) is 3. The zero-order valence-electron chi connectivity index (χ0n) is 10.2. The molecule has 1 aromatic rings. The third kappa shape index (κ3) is 4.31. The summed E-state index contributed by atoms with van der Waals surface area (Å²) in [5.41, 5.74) is 0.121. The summed E-state index contributed by atoms with van der Waals surface area (Å²) < 4.78 is 5.63. The monoisotopic (exact) mass is 333 g/mol. The average molecular weight is 335 g/mol. The minimum Gasteiger partial charge on any atom is -0.444 e. The van der Waals surface area contributed by atoms with Gasteiger partial charge in [-0.25, -0.2) is 4.79 Å². The van der Waals surface area contributed by atoms with Crippen molar-refractivity contribution in [3.8, 4) is 0 Å². The first-order valence-corrected chi connectivity index (χ1v) is 6.34. The van der Waals surface area contributed by atoms with Crippen molar-refractivity contribution in [2.24, 2.45) is 0 Å². The first-order valence-electron chi connectivity index (χ1n) is 5.17. The second kappa shape index (κ2) is 5.71. The van der Waals surface area contributed by atoms with Gasteiger partial charge in [0.2, 0.25) is 0 Å². The number of halogens is 2. The molecule has 1 aromatic carbocycles. The van der Waals surface area contributed by atoms with Crippen molar-refractivity contribution in [3.05, 3.63) is 27.2 Å². The number of rotatable bonds is 2. The smallest absolute Gasteiger partial charge is 0.412 e. The zero-order valence-corrected chi connectivity index (χ0v) is 12.6. The number of benzene rings is 1. The van der Waals surface area contributed by atoms with Crippen molar-refractivity contribution >= 4 is 45.6 Å². The number of anilines is 1. The van der Waals surface area contributed by atoms with Crippen molar-refractivity contribution in [3.63, 3.8) is 0 Å². The van der Waals surface area contributed by atoms with Gasteiger partial charge in [-0.15, -0.1) is 0 Å². The maximum absolute atomic E-state index is 11.6. The van der Waals surface area contributed by atoms with E-state index in [0.29, 0.717) is 27.0 Å². The van der Waals surface area contributed by atoms with Crippen LogP contribution in [0.5, 0.6) is 0 Å². The standard InChI is InChI=1S/C12H13BrClNO3/c1-12(2,3)18-11(17)15-9-5-7(6-16)4-8(13)10(9)14/h4-6H,1-3H3,(H,15,17). The molecule has 0 atom stereocenters. The van der Waals surface area contributed by atoms with Crippen molar-refractivity contribution in [2.75, 3.05) is 5.32 Å². The van der Waals surface area contributed by atoms with E-state index in [-0.39, 0.29) is 0 Å². The molecule has 0 fully saturated rings. The third-order valence-corrected chi connectivity index (χ3v) is 3.08.